The highest BCUT2D eigenvalue weighted by atomic mass is 35.5. The molecule has 24 heavy (non-hydrogen) atoms. The van der Waals surface area contributed by atoms with Crippen molar-refractivity contribution in [2.75, 3.05) is 22.3 Å². The van der Waals surface area contributed by atoms with Gasteiger partial charge in [-0.1, -0.05) is 13.8 Å². The van der Waals surface area contributed by atoms with E-state index in [-0.39, 0.29) is 24.1 Å². The van der Waals surface area contributed by atoms with Gasteiger partial charge in [-0.25, -0.2) is 8.42 Å². The summed E-state index contributed by atoms with van der Waals surface area (Å²) in [5, 5.41) is 2.88. The van der Waals surface area contributed by atoms with Gasteiger partial charge in [0.05, 0.1) is 16.9 Å². The van der Waals surface area contributed by atoms with Crippen molar-refractivity contribution in [1.82, 2.24) is 0 Å². The first kappa shape index (κ1) is 22.7. The van der Waals surface area contributed by atoms with Gasteiger partial charge in [-0.3, -0.25) is 9.52 Å². The summed E-state index contributed by atoms with van der Waals surface area (Å²) >= 11 is 0. The molecule has 1 aromatic carbocycles. The van der Waals surface area contributed by atoms with Gasteiger partial charge in [0.1, 0.15) is 0 Å². The highest BCUT2D eigenvalue weighted by Crippen LogP contribution is 2.28. The predicted octanol–water partition coefficient (Wildman–Crippen LogP) is 2.88. The molecule has 0 fully saturated rings. The van der Waals surface area contributed by atoms with E-state index in [4.69, 9.17) is 5.73 Å². The van der Waals surface area contributed by atoms with Crippen LogP contribution in [0.2, 0.25) is 0 Å². The van der Waals surface area contributed by atoms with Crippen LogP contribution in [-0.2, 0) is 14.8 Å². The fourth-order valence-corrected chi connectivity index (χ4v) is 3.02. The maximum atomic E-state index is 12.5. The van der Waals surface area contributed by atoms with Crippen LogP contribution in [0.25, 0.3) is 0 Å². The molecule has 6 nitrogen and oxygen atoms in total. The van der Waals surface area contributed by atoms with E-state index >= 15 is 0 Å². The molecule has 0 atom stereocenters. The van der Waals surface area contributed by atoms with Crippen molar-refractivity contribution in [2.24, 2.45) is 11.1 Å². The molecule has 0 aliphatic rings. The topological polar surface area (TPSA) is 101 Å². The fourth-order valence-electron chi connectivity index (χ4n) is 2.31. The molecule has 4 N–H and O–H groups in total. The van der Waals surface area contributed by atoms with E-state index in [1.165, 1.54) is 0 Å². The molecular formula is C16H28ClN3O3S. The first-order valence-electron chi connectivity index (χ1n) is 7.86. The lowest BCUT2D eigenvalue weighted by Crippen LogP contribution is -2.41. The molecule has 0 unspecified atom stereocenters. The van der Waals surface area contributed by atoms with Crippen LogP contribution in [0.5, 0.6) is 0 Å². The third-order valence-electron chi connectivity index (χ3n) is 4.36. The van der Waals surface area contributed by atoms with Crippen LogP contribution in [0.1, 0.15) is 39.2 Å². The molecule has 0 radical (unpaired) electrons. The summed E-state index contributed by atoms with van der Waals surface area (Å²) in [5.41, 5.74) is 7.10. The molecule has 0 bridgehead atoms. The van der Waals surface area contributed by atoms with E-state index in [2.05, 4.69) is 10.0 Å². The number of benzene rings is 1. The third-order valence-corrected chi connectivity index (χ3v) is 5.65. The minimum Gasteiger partial charge on any atom is -0.329 e. The summed E-state index contributed by atoms with van der Waals surface area (Å²) in [6, 6.07) is 5.09. The molecule has 0 spiro atoms. The molecule has 1 aromatic rings. The molecule has 0 heterocycles. The number of hydrogen-bond acceptors (Lipinski definition) is 4. The van der Waals surface area contributed by atoms with E-state index in [0.717, 1.165) is 5.56 Å². The van der Waals surface area contributed by atoms with Crippen LogP contribution in [-0.4, -0.2) is 26.6 Å². The Morgan fingerprint density at radius 3 is 2.21 bits per heavy atom. The Morgan fingerprint density at radius 2 is 1.79 bits per heavy atom. The Bertz CT molecular complexity index is 650. The number of halogens is 1. The van der Waals surface area contributed by atoms with E-state index in [9.17, 15) is 13.2 Å². The van der Waals surface area contributed by atoms with Crippen LogP contribution in [0, 0.1) is 12.3 Å². The van der Waals surface area contributed by atoms with Crippen LogP contribution in [0.3, 0.4) is 0 Å². The van der Waals surface area contributed by atoms with Gasteiger partial charge in [-0.15, -0.1) is 12.4 Å². The van der Waals surface area contributed by atoms with E-state index in [0.29, 0.717) is 30.8 Å². The zero-order chi connectivity index (χ0) is 17.7. The largest absolute Gasteiger partial charge is 0.329 e. The Labute approximate surface area is 151 Å². The molecule has 0 aliphatic carbocycles. The average molecular weight is 378 g/mol. The maximum absolute atomic E-state index is 12.5. The Kier molecular flexibility index (Phi) is 8.74. The van der Waals surface area contributed by atoms with Crippen molar-refractivity contribution in [3.8, 4) is 0 Å². The average Bonchev–Trinajstić information content (AvgIpc) is 2.52. The van der Waals surface area contributed by atoms with Crippen molar-refractivity contribution >= 4 is 39.7 Å². The normalized spacial score (nSPS) is 11.5. The van der Waals surface area contributed by atoms with Gasteiger partial charge in [0.25, 0.3) is 0 Å². The van der Waals surface area contributed by atoms with E-state index in [1.807, 2.05) is 13.8 Å². The molecule has 1 amide bonds. The first-order chi connectivity index (χ1) is 10.7. The van der Waals surface area contributed by atoms with Gasteiger partial charge < -0.3 is 11.1 Å². The second-order valence-corrected chi connectivity index (χ2v) is 7.69. The Morgan fingerprint density at radius 1 is 1.21 bits per heavy atom. The lowest BCUT2D eigenvalue weighted by Gasteiger charge is -2.28. The molecule has 0 aliphatic heterocycles. The predicted molar refractivity (Wildman–Crippen MR) is 102 cm³/mol. The van der Waals surface area contributed by atoms with Crippen molar-refractivity contribution < 1.29 is 13.2 Å². The van der Waals surface area contributed by atoms with Crippen LogP contribution >= 0.6 is 12.4 Å². The number of nitrogens with one attached hydrogen (secondary N) is 2. The summed E-state index contributed by atoms with van der Waals surface area (Å²) in [6.45, 7) is 7.56. The molecule has 0 saturated carbocycles. The molecule has 0 saturated heterocycles. The molecule has 0 aromatic heterocycles. The molecular weight excluding hydrogens is 350 g/mol. The number of aryl methyl sites for hydroxylation is 1. The number of anilines is 2. The summed E-state index contributed by atoms with van der Waals surface area (Å²) < 4.78 is 25.8. The second kappa shape index (κ2) is 9.25. The van der Waals surface area contributed by atoms with Crippen molar-refractivity contribution in [2.45, 2.75) is 40.5 Å². The minimum absolute atomic E-state index is 0. The Balaban J connectivity index is 0.00000529. The maximum Gasteiger partial charge on any atom is 0.232 e. The van der Waals surface area contributed by atoms with E-state index in [1.54, 1.807) is 32.0 Å². The number of amides is 1. The number of hydrogen-bond donors (Lipinski definition) is 3. The highest BCUT2D eigenvalue weighted by Gasteiger charge is 2.33. The number of carbonyl (C=O) groups excluding carboxylic acids is 1. The van der Waals surface area contributed by atoms with Crippen molar-refractivity contribution in [1.29, 1.82) is 0 Å². The van der Waals surface area contributed by atoms with Crippen molar-refractivity contribution in [3.63, 3.8) is 0 Å². The van der Waals surface area contributed by atoms with Gasteiger partial charge in [-0.05, 0) is 50.5 Å². The SMILES string of the molecule is CCC(CC)(CN)C(=O)Nc1ccc(NS(=O)(=O)CC)c(C)c1.Cl. The standard InChI is InChI=1S/C16H27N3O3S.ClH/c1-5-16(6-2,11-17)15(20)18-13-8-9-14(12(4)10-13)19-23(21,22)7-3;/h8-10,19H,5-7,11,17H2,1-4H3,(H,18,20);1H. The highest BCUT2D eigenvalue weighted by molar-refractivity contribution is 7.92. The number of rotatable bonds is 8. The number of sulfonamides is 1. The van der Waals surface area contributed by atoms with Gasteiger partial charge in [0, 0.05) is 12.2 Å². The minimum atomic E-state index is -3.32. The summed E-state index contributed by atoms with van der Waals surface area (Å²) in [5.74, 6) is -0.0944. The molecule has 138 valence electrons. The smallest absolute Gasteiger partial charge is 0.232 e. The van der Waals surface area contributed by atoms with Crippen molar-refractivity contribution in [3.05, 3.63) is 23.8 Å². The summed E-state index contributed by atoms with van der Waals surface area (Å²) in [6.07, 6.45) is 1.33. The zero-order valence-electron chi connectivity index (χ0n) is 14.7. The van der Waals surface area contributed by atoms with Gasteiger partial charge in [0.15, 0.2) is 0 Å². The van der Waals surface area contributed by atoms with Crippen LogP contribution in [0.4, 0.5) is 11.4 Å². The van der Waals surface area contributed by atoms with Crippen LogP contribution in [0.15, 0.2) is 18.2 Å². The summed E-state index contributed by atoms with van der Waals surface area (Å²) in [7, 11) is -3.32. The lowest BCUT2D eigenvalue weighted by atomic mass is 9.81. The second-order valence-electron chi connectivity index (χ2n) is 5.68. The third kappa shape index (κ3) is 5.36. The monoisotopic (exact) mass is 377 g/mol. The fraction of sp³-hybridized carbons (Fsp3) is 0.562. The van der Waals surface area contributed by atoms with E-state index < -0.39 is 15.4 Å². The quantitative estimate of drug-likeness (QED) is 0.648. The lowest BCUT2D eigenvalue weighted by molar-refractivity contribution is -0.125. The Hall–Kier alpha value is -1.31. The molecule has 8 heteroatoms. The number of nitrogens with two attached hydrogens (primary N) is 1. The van der Waals surface area contributed by atoms with Crippen LogP contribution < -0.4 is 15.8 Å². The first-order valence-corrected chi connectivity index (χ1v) is 9.51. The van der Waals surface area contributed by atoms with Gasteiger partial charge >= 0.3 is 0 Å². The summed E-state index contributed by atoms with van der Waals surface area (Å²) in [4.78, 5) is 12.5. The number of carbonyl (C=O) groups is 1. The van der Waals surface area contributed by atoms with Gasteiger partial charge in [0.2, 0.25) is 15.9 Å². The molecule has 1 rings (SSSR count). The van der Waals surface area contributed by atoms with Gasteiger partial charge in [-0.2, -0.15) is 0 Å². The zero-order valence-corrected chi connectivity index (χ0v) is 16.3.